The number of esters is 2. The summed E-state index contributed by atoms with van der Waals surface area (Å²) in [5, 5.41) is 10.5. The number of pyridine rings is 1. The number of β-lactam (4-membered cyclic amide) rings is 1. The number of nitrogens with one attached hydrogen (secondary N) is 1. The number of methoxy groups -OCH3 is 1. The van der Waals surface area contributed by atoms with Gasteiger partial charge in [-0.25, -0.2) is 23.9 Å². The van der Waals surface area contributed by atoms with Crippen molar-refractivity contribution in [1.82, 2.24) is 19.8 Å². The second kappa shape index (κ2) is 20.1. The van der Waals surface area contributed by atoms with Crippen molar-refractivity contribution in [2.75, 3.05) is 18.6 Å². The molecule has 4 aromatic heterocycles. The molecule has 5 N–H and O–H groups in total. The Kier molecular flexibility index (Phi) is 14.6. The van der Waals surface area contributed by atoms with Crippen molar-refractivity contribution in [2.45, 2.75) is 103 Å². The average molecular weight is 1000 g/mol. The van der Waals surface area contributed by atoms with E-state index in [4.69, 9.17) is 35.3 Å². The Hall–Kier alpha value is -6.78. The number of ether oxygens (including phenoxy) is 4. The molecule has 2 aliphatic heterocycles. The van der Waals surface area contributed by atoms with Crippen LogP contribution in [-0.4, -0.2) is 96.9 Å². The molecule has 69 heavy (non-hydrogen) atoms. The highest BCUT2D eigenvalue weighted by Gasteiger charge is 2.55. The Labute approximate surface area is 410 Å². The van der Waals surface area contributed by atoms with Crippen LogP contribution in [0.2, 0.25) is 0 Å². The molecule has 3 amide bonds. The lowest BCUT2D eigenvalue weighted by Crippen LogP contribution is -2.71. The van der Waals surface area contributed by atoms with Gasteiger partial charge in [0.05, 0.1) is 24.6 Å². The smallest absolute Gasteiger partial charge is 0.436 e. The maximum absolute atomic E-state index is 14.2. The maximum atomic E-state index is 14.2. The van der Waals surface area contributed by atoms with Crippen LogP contribution in [0, 0.1) is 0 Å². The molecule has 22 heteroatoms. The molecule has 7 rings (SSSR count). The molecule has 2 aliphatic rings. The van der Waals surface area contributed by atoms with Crippen LogP contribution in [0.1, 0.15) is 77.1 Å². The van der Waals surface area contributed by atoms with Crippen molar-refractivity contribution in [2.24, 2.45) is 15.9 Å². The molecular weight excluding hydrogens is 947 g/mol. The number of thioether (sulfide) groups is 1. The van der Waals surface area contributed by atoms with Crippen LogP contribution >= 0.6 is 34.4 Å². The minimum Gasteiger partial charge on any atom is -0.497 e. The van der Waals surface area contributed by atoms with Gasteiger partial charge < -0.3 is 45.1 Å². The molecule has 0 saturated carbocycles. The normalized spacial score (nSPS) is 16.7. The van der Waals surface area contributed by atoms with Crippen LogP contribution in [-0.2, 0) is 57.9 Å². The van der Waals surface area contributed by atoms with Crippen molar-refractivity contribution in [1.29, 1.82) is 0 Å². The Balaban J connectivity index is 1.11. The minimum atomic E-state index is -1.61. The van der Waals surface area contributed by atoms with E-state index in [-0.39, 0.29) is 41.2 Å². The van der Waals surface area contributed by atoms with Gasteiger partial charge in [0.25, 0.3) is 11.8 Å². The summed E-state index contributed by atoms with van der Waals surface area (Å²) in [5.41, 5.74) is 11.7. The van der Waals surface area contributed by atoms with E-state index in [1.165, 1.54) is 47.2 Å². The predicted octanol–water partition coefficient (Wildman–Crippen LogP) is 5.66. The largest absolute Gasteiger partial charge is 0.497 e. The lowest BCUT2D eigenvalue weighted by Gasteiger charge is -2.49. The van der Waals surface area contributed by atoms with Gasteiger partial charge in [0.2, 0.25) is 5.60 Å². The molecule has 0 spiro atoms. The molecule has 1 saturated heterocycles. The number of thiazole rings is 1. The maximum Gasteiger partial charge on any atom is 0.436 e. The Bertz CT molecular complexity index is 2890. The average Bonchev–Trinajstić information content (AvgIpc) is 4.04. The van der Waals surface area contributed by atoms with Crippen LogP contribution in [0.4, 0.5) is 9.93 Å². The lowest BCUT2D eigenvalue weighted by molar-refractivity contribution is -0.687. The number of thiophene rings is 1. The fourth-order valence-corrected chi connectivity index (χ4v) is 9.76. The predicted molar refractivity (Wildman–Crippen MR) is 261 cm³/mol. The van der Waals surface area contributed by atoms with Gasteiger partial charge in [0, 0.05) is 44.8 Å². The monoisotopic (exact) mass is 1000 g/mol. The second-order valence-electron chi connectivity index (χ2n) is 18.5. The molecule has 1 aromatic carbocycles. The molecule has 0 radical (unpaired) electrons. The van der Waals surface area contributed by atoms with Crippen LogP contribution in [0.15, 0.2) is 93.2 Å². The number of amidine groups is 1. The van der Waals surface area contributed by atoms with Crippen molar-refractivity contribution < 1.29 is 52.3 Å². The summed E-state index contributed by atoms with van der Waals surface area (Å²) in [6, 6.07) is 11.8. The third-order valence-corrected chi connectivity index (χ3v) is 13.2. The highest BCUT2D eigenvalue weighted by molar-refractivity contribution is 8.00. The number of carbonyl (C=O) groups excluding carboxylic acids is 5. The van der Waals surface area contributed by atoms with Gasteiger partial charge in [-0.05, 0) is 85.2 Å². The number of rotatable bonds is 15. The zero-order chi connectivity index (χ0) is 50.0. The first-order valence-corrected chi connectivity index (χ1v) is 24.4. The molecule has 6 heterocycles. The van der Waals surface area contributed by atoms with E-state index in [0.717, 1.165) is 27.1 Å². The molecule has 1 fully saturated rings. The molecule has 0 aliphatic carbocycles. The number of nitrogens with zero attached hydrogens (tertiary/aromatic N) is 6. The number of nitrogens with two attached hydrogens (primary N) is 2. The van der Waals surface area contributed by atoms with E-state index in [2.05, 4.69) is 25.0 Å². The molecular formula is C47H54N9O10S3+. The Morgan fingerprint density at radius 1 is 0.971 bits per heavy atom. The summed E-state index contributed by atoms with van der Waals surface area (Å²) in [4.78, 5) is 83.6. The third-order valence-electron chi connectivity index (χ3n) is 10.3. The summed E-state index contributed by atoms with van der Waals surface area (Å²) >= 11 is 3.93. The first-order valence-electron chi connectivity index (χ1n) is 21.6. The summed E-state index contributed by atoms with van der Waals surface area (Å²) in [7, 11) is 1.56. The lowest BCUT2D eigenvalue weighted by atomic mass is 10.0. The number of amides is 3. The number of hydrogen-bond donors (Lipinski definition) is 3. The van der Waals surface area contributed by atoms with Crippen molar-refractivity contribution in [3.63, 3.8) is 0 Å². The van der Waals surface area contributed by atoms with Crippen LogP contribution in [0.5, 0.6) is 5.75 Å². The van der Waals surface area contributed by atoms with E-state index < -0.39 is 58.1 Å². The molecule has 0 unspecified atom stereocenters. The zero-order valence-electron chi connectivity index (χ0n) is 39.6. The number of anilines is 1. The number of aromatic nitrogens is 3. The minimum absolute atomic E-state index is 0.0668. The third kappa shape index (κ3) is 12.1. The van der Waals surface area contributed by atoms with Crippen LogP contribution in [0.25, 0.3) is 10.9 Å². The zero-order valence-corrected chi connectivity index (χ0v) is 42.0. The van der Waals surface area contributed by atoms with E-state index >= 15 is 0 Å². The molecule has 19 nitrogen and oxygen atoms in total. The fourth-order valence-electron chi connectivity index (χ4n) is 7.00. The van der Waals surface area contributed by atoms with Crippen LogP contribution in [0.3, 0.4) is 0 Å². The van der Waals surface area contributed by atoms with Gasteiger partial charge in [-0.2, -0.15) is 4.99 Å². The highest BCUT2D eigenvalue weighted by atomic mass is 32.2. The summed E-state index contributed by atoms with van der Waals surface area (Å²) in [5.74, 6) is -1.76. The SMILES string of the molecule is COc1ccc(COC(=O)C2=C(C[n+]3ccc4c(ccn4Cc4cc(C(N)=NC(=O)OC(C)(C)C)cs4)c3)CS[C@@H]3[C@H](NC(=O)C(=NOC(C)(C)C(=O)OC(C)(C)C)c4csc(N)n4)C(=O)N23)cc1. The van der Waals surface area contributed by atoms with E-state index in [1.807, 2.05) is 46.7 Å². The standard InChI is InChI=1S/C47H53N9O10S3/c1-45(2,3)64-42(60)47(7,8)66-53-34(32-25-69-43(49)50-32)38(57)51-35-39(58)56-36(41(59)63-22-26-10-12-30(62-9)13-11-26)29(24-68-40(35)56)20-54-16-15-33-27(19-54)14-17-55(33)21-31-18-28(23-67-31)37(48)52-44(61)65-46(4,5)6/h10-19,23,25,35,40H,20-22,24H2,1-9H3,(H4-,48,49,50,51,52,57,61)/p+1/t35-,40-/m1/s1. The number of nitrogen functional groups attached to an aromatic ring is 1. The van der Waals surface area contributed by atoms with Gasteiger partial charge in [-0.3, -0.25) is 14.5 Å². The van der Waals surface area contributed by atoms with Crippen LogP contribution < -0.4 is 26.1 Å². The van der Waals surface area contributed by atoms with E-state index in [9.17, 15) is 24.0 Å². The van der Waals surface area contributed by atoms with Crippen molar-refractivity contribution >= 4 is 91.9 Å². The van der Waals surface area contributed by atoms with Gasteiger partial charge in [0.1, 0.15) is 52.2 Å². The summed E-state index contributed by atoms with van der Waals surface area (Å²) in [6.45, 7) is 14.0. The Morgan fingerprint density at radius 2 is 1.70 bits per heavy atom. The first kappa shape index (κ1) is 50.1. The summed E-state index contributed by atoms with van der Waals surface area (Å²) < 4.78 is 25.9. The topological polar surface area (TPSA) is 245 Å². The number of hydrogen-bond acceptors (Lipinski definition) is 16. The molecule has 5 aromatic rings. The highest BCUT2D eigenvalue weighted by Crippen LogP contribution is 2.41. The fraction of sp³-hybridized carbons (Fsp3) is 0.383. The molecule has 2 atom stereocenters. The number of oxime groups is 1. The van der Waals surface area contributed by atoms with Gasteiger partial charge >= 0.3 is 18.0 Å². The first-order chi connectivity index (χ1) is 32.5. The molecule has 0 bridgehead atoms. The van der Waals surface area contributed by atoms with E-state index in [0.29, 0.717) is 34.7 Å². The number of fused-ring (bicyclic) bond motifs is 2. The van der Waals surface area contributed by atoms with Gasteiger partial charge in [-0.1, -0.05) is 17.3 Å². The Morgan fingerprint density at radius 3 is 2.36 bits per heavy atom. The second-order valence-corrected chi connectivity index (χ2v) is 21.5. The quantitative estimate of drug-likeness (QED) is 0.0218. The van der Waals surface area contributed by atoms with Gasteiger partial charge in [-0.15, -0.1) is 34.4 Å². The van der Waals surface area contributed by atoms with E-state index in [1.54, 1.807) is 72.9 Å². The van der Waals surface area contributed by atoms with Crippen molar-refractivity contribution in [3.05, 3.63) is 105 Å². The molecule has 364 valence electrons. The summed E-state index contributed by atoms with van der Waals surface area (Å²) in [6.07, 6.45) is 5.07. The van der Waals surface area contributed by atoms with Gasteiger partial charge in [0.15, 0.2) is 29.8 Å². The number of carbonyl (C=O) groups is 5. The van der Waals surface area contributed by atoms with Crippen molar-refractivity contribution in [3.8, 4) is 5.75 Å². The number of benzene rings is 1. The number of aliphatic imine (C=N–C) groups is 1.